The fraction of sp³-hybridized carbons (Fsp3) is 0.304. The van der Waals surface area contributed by atoms with E-state index >= 15 is 0 Å². The number of carboxylic acid groups (broad SMARTS) is 1. The summed E-state index contributed by atoms with van der Waals surface area (Å²) < 4.78 is 0. The molecule has 1 aliphatic carbocycles. The van der Waals surface area contributed by atoms with Gasteiger partial charge in [0.2, 0.25) is 0 Å². The summed E-state index contributed by atoms with van der Waals surface area (Å²) in [5.74, 6) is 0.0495. The van der Waals surface area contributed by atoms with Gasteiger partial charge in [-0.1, -0.05) is 42.6 Å². The standard InChI is InChI=1S/C23H22ClNO2/c1-14-12-21-19(11-10-18(25-21)9-4-15-2-3-15)23(20(14)13-22(26)27)16-5-7-17(24)8-6-16/h5-8,10-12,15H,2-4,9,13H2,1H3,(H,26,27). The van der Waals surface area contributed by atoms with Crippen molar-refractivity contribution >= 4 is 28.5 Å². The van der Waals surface area contributed by atoms with Crippen LogP contribution in [0.15, 0.2) is 42.5 Å². The summed E-state index contributed by atoms with van der Waals surface area (Å²) in [6.45, 7) is 1.97. The third-order valence-corrected chi connectivity index (χ3v) is 5.60. The van der Waals surface area contributed by atoms with Gasteiger partial charge in [-0.05, 0) is 72.2 Å². The van der Waals surface area contributed by atoms with Crippen LogP contribution >= 0.6 is 11.6 Å². The van der Waals surface area contributed by atoms with Crippen LogP contribution in [0.4, 0.5) is 0 Å². The van der Waals surface area contributed by atoms with Crippen LogP contribution in [0.2, 0.25) is 5.02 Å². The molecule has 0 amide bonds. The Hall–Kier alpha value is -2.39. The Balaban J connectivity index is 1.86. The summed E-state index contributed by atoms with van der Waals surface area (Å²) >= 11 is 6.05. The Bertz CT molecular complexity index is 1010. The van der Waals surface area contributed by atoms with Crippen LogP contribution in [0, 0.1) is 12.8 Å². The number of hydrogen-bond acceptors (Lipinski definition) is 2. The maximum absolute atomic E-state index is 11.5. The van der Waals surface area contributed by atoms with Gasteiger partial charge in [-0.15, -0.1) is 0 Å². The van der Waals surface area contributed by atoms with E-state index in [1.54, 1.807) is 0 Å². The highest BCUT2D eigenvalue weighted by molar-refractivity contribution is 6.30. The fourth-order valence-corrected chi connectivity index (χ4v) is 3.84. The van der Waals surface area contributed by atoms with E-state index in [9.17, 15) is 9.90 Å². The molecule has 0 aliphatic heterocycles. The molecular weight excluding hydrogens is 358 g/mol. The molecule has 4 heteroatoms. The summed E-state index contributed by atoms with van der Waals surface area (Å²) in [5, 5.41) is 11.1. The third-order valence-electron chi connectivity index (χ3n) is 5.35. The zero-order chi connectivity index (χ0) is 19.0. The molecule has 4 rings (SSSR count). The molecule has 1 aliphatic rings. The lowest BCUT2D eigenvalue weighted by molar-refractivity contribution is -0.136. The predicted molar refractivity (Wildman–Crippen MR) is 109 cm³/mol. The zero-order valence-electron chi connectivity index (χ0n) is 15.3. The second-order valence-electron chi connectivity index (χ2n) is 7.48. The number of carboxylic acids is 1. The van der Waals surface area contributed by atoms with Gasteiger partial charge in [-0.3, -0.25) is 9.78 Å². The normalized spacial score (nSPS) is 13.9. The number of aliphatic carboxylic acids is 1. The molecular formula is C23H22ClNO2. The van der Waals surface area contributed by atoms with Crippen molar-refractivity contribution in [2.45, 2.75) is 39.0 Å². The van der Waals surface area contributed by atoms with Crippen molar-refractivity contribution in [1.29, 1.82) is 0 Å². The largest absolute Gasteiger partial charge is 0.481 e. The monoisotopic (exact) mass is 379 g/mol. The third kappa shape index (κ3) is 3.98. The SMILES string of the molecule is Cc1cc2nc(CCC3CC3)ccc2c(-c2ccc(Cl)cc2)c1CC(=O)O. The molecule has 3 aromatic rings. The Morgan fingerprint density at radius 2 is 1.93 bits per heavy atom. The highest BCUT2D eigenvalue weighted by atomic mass is 35.5. The van der Waals surface area contributed by atoms with Gasteiger partial charge >= 0.3 is 5.97 Å². The van der Waals surface area contributed by atoms with Gasteiger partial charge in [0, 0.05) is 16.1 Å². The molecule has 3 nitrogen and oxygen atoms in total. The van der Waals surface area contributed by atoms with Crippen LogP contribution in [0.5, 0.6) is 0 Å². The summed E-state index contributed by atoms with van der Waals surface area (Å²) in [5.41, 5.74) is 5.76. The van der Waals surface area contributed by atoms with E-state index in [0.29, 0.717) is 5.02 Å². The van der Waals surface area contributed by atoms with Crippen LogP contribution in [0.25, 0.3) is 22.0 Å². The Morgan fingerprint density at radius 1 is 1.19 bits per heavy atom. The summed E-state index contributed by atoms with van der Waals surface area (Å²) in [6.07, 6.45) is 4.91. The second kappa shape index (κ2) is 7.32. The molecule has 0 unspecified atom stereocenters. The molecule has 1 aromatic heterocycles. The number of benzene rings is 2. The van der Waals surface area contributed by atoms with E-state index < -0.39 is 5.97 Å². The van der Waals surface area contributed by atoms with E-state index in [1.165, 1.54) is 19.3 Å². The molecule has 0 saturated heterocycles. The number of pyridine rings is 1. The van der Waals surface area contributed by atoms with Crippen molar-refractivity contribution in [2.75, 3.05) is 0 Å². The van der Waals surface area contributed by atoms with E-state index in [1.807, 2.05) is 37.3 Å². The van der Waals surface area contributed by atoms with Crippen molar-refractivity contribution in [3.05, 3.63) is 64.3 Å². The Morgan fingerprint density at radius 3 is 2.59 bits per heavy atom. The minimum atomic E-state index is -0.832. The summed E-state index contributed by atoms with van der Waals surface area (Å²) in [7, 11) is 0. The fourth-order valence-electron chi connectivity index (χ4n) is 3.71. The van der Waals surface area contributed by atoms with Crippen LogP contribution in [0.3, 0.4) is 0 Å². The van der Waals surface area contributed by atoms with Gasteiger partial charge in [0.05, 0.1) is 11.9 Å². The number of aryl methyl sites for hydroxylation is 2. The molecule has 2 aromatic carbocycles. The van der Waals surface area contributed by atoms with Gasteiger partial charge in [-0.2, -0.15) is 0 Å². The summed E-state index contributed by atoms with van der Waals surface area (Å²) in [6, 6.07) is 13.8. The van der Waals surface area contributed by atoms with Crippen LogP contribution in [-0.2, 0) is 17.6 Å². The predicted octanol–water partition coefficient (Wildman–Crippen LogP) is 5.83. The maximum atomic E-state index is 11.5. The van der Waals surface area contributed by atoms with Crippen LogP contribution in [0.1, 0.15) is 36.1 Å². The first-order chi connectivity index (χ1) is 13.0. The number of carbonyl (C=O) groups is 1. The van der Waals surface area contributed by atoms with E-state index in [2.05, 4.69) is 12.1 Å². The van der Waals surface area contributed by atoms with Gasteiger partial charge in [-0.25, -0.2) is 0 Å². The highest BCUT2D eigenvalue weighted by Crippen LogP contribution is 2.36. The molecule has 1 heterocycles. The second-order valence-corrected chi connectivity index (χ2v) is 7.91. The van der Waals surface area contributed by atoms with Crippen molar-refractivity contribution in [1.82, 2.24) is 4.98 Å². The van der Waals surface area contributed by atoms with Crippen molar-refractivity contribution in [3.8, 4) is 11.1 Å². The number of fused-ring (bicyclic) bond motifs is 1. The molecule has 0 spiro atoms. The molecule has 1 fully saturated rings. The molecule has 1 N–H and O–H groups in total. The molecule has 138 valence electrons. The molecule has 27 heavy (non-hydrogen) atoms. The number of halogens is 1. The van der Waals surface area contributed by atoms with Gasteiger partial charge in [0.1, 0.15) is 0 Å². The number of rotatable bonds is 6. The first-order valence-corrected chi connectivity index (χ1v) is 9.79. The lowest BCUT2D eigenvalue weighted by atomic mass is 9.90. The smallest absolute Gasteiger partial charge is 0.307 e. The first kappa shape index (κ1) is 18.0. The minimum absolute atomic E-state index is 0.0107. The van der Waals surface area contributed by atoms with Crippen molar-refractivity contribution in [3.63, 3.8) is 0 Å². The van der Waals surface area contributed by atoms with E-state index in [4.69, 9.17) is 16.6 Å². The minimum Gasteiger partial charge on any atom is -0.481 e. The average Bonchev–Trinajstić information content (AvgIpc) is 3.46. The molecule has 1 saturated carbocycles. The van der Waals surface area contributed by atoms with Gasteiger partial charge < -0.3 is 5.11 Å². The van der Waals surface area contributed by atoms with Crippen molar-refractivity contribution < 1.29 is 9.90 Å². The highest BCUT2D eigenvalue weighted by Gasteiger charge is 2.21. The number of hydrogen-bond donors (Lipinski definition) is 1. The average molecular weight is 380 g/mol. The van der Waals surface area contributed by atoms with Crippen molar-refractivity contribution in [2.24, 2.45) is 5.92 Å². The van der Waals surface area contributed by atoms with Gasteiger partial charge in [0.25, 0.3) is 0 Å². The quantitative estimate of drug-likeness (QED) is 0.585. The molecule has 0 bridgehead atoms. The lowest BCUT2D eigenvalue weighted by Gasteiger charge is -2.16. The van der Waals surface area contributed by atoms with Crippen LogP contribution < -0.4 is 0 Å². The van der Waals surface area contributed by atoms with E-state index in [0.717, 1.165) is 51.2 Å². The maximum Gasteiger partial charge on any atom is 0.307 e. The lowest BCUT2D eigenvalue weighted by Crippen LogP contribution is -2.05. The first-order valence-electron chi connectivity index (χ1n) is 9.41. The Kier molecular flexibility index (Phi) is 4.88. The summed E-state index contributed by atoms with van der Waals surface area (Å²) in [4.78, 5) is 16.4. The molecule has 0 radical (unpaired) electrons. The van der Waals surface area contributed by atoms with E-state index in [-0.39, 0.29) is 6.42 Å². The number of nitrogens with zero attached hydrogens (tertiary/aromatic N) is 1. The number of aromatic nitrogens is 1. The van der Waals surface area contributed by atoms with Gasteiger partial charge in [0.15, 0.2) is 0 Å². The topological polar surface area (TPSA) is 50.2 Å². The zero-order valence-corrected chi connectivity index (χ0v) is 16.1. The molecule has 0 atom stereocenters. The Labute approximate surface area is 164 Å². The van der Waals surface area contributed by atoms with Crippen LogP contribution in [-0.4, -0.2) is 16.1 Å².